The Balaban J connectivity index is 2.56. The van der Waals surface area contributed by atoms with Crippen molar-refractivity contribution in [3.63, 3.8) is 0 Å². The zero-order valence-electron chi connectivity index (χ0n) is 14.0. The highest BCUT2D eigenvalue weighted by atomic mass is 35.5. The van der Waals surface area contributed by atoms with Crippen molar-refractivity contribution in [3.8, 4) is 0 Å². The Morgan fingerprint density at radius 2 is 2.04 bits per heavy atom. The fourth-order valence-corrected chi connectivity index (χ4v) is 2.35. The van der Waals surface area contributed by atoms with E-state index in [1.54, 1.807) is 10.6 Å². The minimum atomic E-state index is 0.0179. The van der Waals surface area contributed by atoms with E-state index in [0.29, 0.717) is 35.6 Å². The summed E-state index contributed by atoms with van der Waals surface area (Å²) < 4.78 is 1.80. The van der Waals surface area contributed by atoms with Gasteiger partial charge in [-0.2, -0.15) is 0 Å². The van der Waals surface area contributed by atoms with Crippen LogP contribution in [0.2, 0.25) is 10.2 Å². The Morgan fingerprint density at radius 3 is 2.57 bits per heavy atom. The first-order valence-electron chi connectivity index (χ1n) is 7.66. The van der Waals surface area contributed by atoms with Crippen molar-refractivity contribution < 1.29 is 4.79 Å². The molecule has 0 aliphatic heterocycles. The number of amides is 1. The molecule has 1 aromatic rings. The fourth-order valence-electron chi connectivity index (χ4n) is 1.93. The number of nitrogens with one attached hydrogen (secondary N) is 3. The molecule has 1 amide bonds. The van der Waals surface area contributed by atoms with Gasteiger partial charge >= 0.3 is 0 Å². The molecule has 0 atom stereocenters. The predicted molar refractivity (Wildman–Crippen MR) is 96.1 cm³/mol. The van der Waals surface area contributed by atoms with Gasteiger partial charge in [-0.3, -0.25) is 4.79 Å². The number of rotatable bonds is 7. The molecular weight excluding hydrogens is 337 g/mol. The molecule has 0 unspecified atom stereocenters. The first kappa shape index (κ1) is 19.6. The highest BCUT2D eigenvalue weighted by Gasteiger charge is 2.09. The number of guanidine groups is 1. The maximum absolute atomic E-state index is 11.6. The SMILES string of the molecule is CCNC(=NCc1cc(Cl)c(Cl)n1C)NCCC(=O)NC(C)C. The smallest absolute Gasteiger partial charge is 0.221 e. The average molecular weight is 362 g/mol. The second-order valence-electron chi connectivity index (χ2n) is 5.43. The van der Waals surface area contributed by atoms with Gasteiger partial charge in [0.15, 0.2) is 5.96 Å². The van der Waals surface area contributed by atoms with E-state index in [9.17, 15) is 4.79 Å². The first-order valence-corrected chi connectivity index (χ1v) is 8.41. The molecule has 130 valence electrons. The summed E-state index contributed by atoms with van der Waals surface area (Å²) in [5, 5.41) is 10.1. The van der Waals surface area contributed by atoms with E-state index in [2.05, 4.69) is 20.9 Å². The summed E-state index contributed by atoms with van der Waals surface area (Å²) in [6, 6.07) is 1.95. The molecule has 0 radical (unpaired) electrons. The second kappa shape index (κ2) is 9.67. The van der Waals surface area contributed by atoms with Crippen LogP contribution in [0.15, 0.2) is 11.1 Å². The van der Waals surface area contributed by atoms with Crippen molar-refractivity contribution in [1.29, 1.82) is 0 Å². The number of nitrogens with zero attached hydrogens (tertiary/aromatic N) is 2. The average Bonchev–Trinajstić information content (AvgIpc) is 2.71. The lowest BCUT2D eigenvalue weighted by Crippen LogP contribution is -2.40. The van der Waals surface area contributed by atoms with Gasteiger partial charge in [0.05, 0.1) is 11.6 Å². The summed E-state index contributed by atoms with van der Waals surface area (Å²) in [6.45, 7) is 7.55. The highest BCUT2D eigenvalue weighted by molar-refractivity contribution is 6.41. The lowest BCUT2D eigenvalue weighted by Gasteiger charge is -2.12. The molecule has 0 aliphatic rings. The van der Waals surface area contributed by atoms with Gasteiger partial charge in [0.2, 0.25) is 5.91 Å². The van der Waals surface area contributed by atoms with Crippen LogP contribution in [0.3, 0.4) is 0 Å². The minimum absolute atomic E-state index is 0.0179. The molecule has 0 aliphatic carbocycles. The monoisotopic (exact) mass is 361 g/mol. The second-order valence-corrected chi connectivity index (χ2v) is 6.19. The number of hydrogen-bond donors (Lipinski definition) is 3. The van der Waals surface area contributed by atoms with Crippen molar-refractivity contribution in [2.75, 3.05) is 13.1 Å². The number of aromatic nitrogens is 1. The third kappa shape index (κ3) is 6.71. The van der Waals surface area contributed by atoms with Crippen LogP contribution >= 0.6 is 23.2 Å². The Kier molecular flexibility index (Phi) is 8.26. The van der Waals surface area contributed by atoms with Crippen LogP contribution in [0.25, 0.3) is 0 Å². The molecular formula is C15H25Cl2N5O. The lowest BCUT2D eigenvalue weighted by atomic mass is 10.3. The van der Waals surface area contributed by atoms with E-state index < -0.39 is 0 Å². The van der Waals surface area contributed by atoms with E-state index >= 15 is 0 Å². The molecule has 23 heavy (non-hydrogen) atoms. The van der Waals surface area contributed by atoms with Crippen LogP contribution in [0.5, 0.6) is 0 Å². The topological polar surface area (TPSA) is 70.5 Å². The maximum Gasteiger partial charge on any atom is 0.221 e. The zero-order chi connectivity index (χ0) is 17.4. The molecule has 1 aromatic heterocycles. The van der Waals surface area contributed by atoms with Gasteiger partial charge in [0, 0.05) is 38.3 Å². The number of hydrogen-bond acceptors (Lipinski definition) is 2. The normalized spacial score (nSPS) is 11.7. The van der Waals surface area contributed by atoms with Crippen LogP contribution in [0.1, 0.15) is 32.9 Å². The Bertz CT molecular complexity index is 554. The largest absolute Gasteiger partial charge is 0.357 e. The molecule has 0 bridgehead atoms. The van der Waals surface area contributed by atoms with Gasteiger partial charge in [-0.25, -0.2) is 4.99 Å². The standard InChI is InChI=1S/C15H25Cl2N5O/c1-5-18-15(19-7-6-13(23)21-10(2)3)20-9-11-8-12(16)14(17)22(11)4/h8,10H,5-7,9H2,1-4H3,(H,21,23)(H2,18,19,20). The van der Waals surface area contributed by atoms with Crippen molar-refractivity contribution in [1.82, 2.24) is 20.5 Å². The molecule has 0 saturated heterocycles. The summed E-state index contributed by atoms with van der Waals surface area (Å²) in [5.41, 5.74) is 0.912. The number of carbonyl (C=O) groups is 1. The van der Waals surface area contributed by atoms with Crippen LogP contribution < -0.4 is 16.0 Å². The third-order valence-electron chi connectivity index (χ3n) is 3.05. The lowest BCUT2D eigenvalue weighted by molar-refractivity contribution is -0.121. The molecule has 0 aromatic carbocycles. The Morgan fingerprint density at radius 1 is 1.35 bits per heavy atom. The Labute approximate surface area is 147 Å². The zero-order valence-corrected chi connectivity index (χ0v) is 15.6. The highest BCUT2D eigenvalue weighted by Crippen LogP contribution is 2.25. The first-order chi connectivity index (χ1) is 10.8. The Hall–Kier alpha value is -1.40. The van der Waals surface area contributed by atoms with Crippen LogP contribution in [-0.4, -0.2) is 35.6 Å². The van der Waals surface area contributed by atoms with E-state index in [1.807, 2.05) is 27.8 Å². The molecule has 0 saturated carbocycles. The number of halogens is 2. The van der Waals surface area contributed by atoms with E-state index in [0.717, 1.165) is 12.2 Å². The molecule has 1 rings (SSSR count). The maximum atomic E-state index is 11.6. The number of aliphatic imine (C=N–C) groups is 1. The van der Waals surface area contributed by atoms with Crippen molar-refractivity contribution in [2.24, 2.45) is 12.0 Å². The number of carbonyl (C=O) groups excluding carboxylic acids is 1. The molecule has 6 nitrogen and oxygen atoms in total. The molecule has 3 N–H and O–H groups in total. The van der Waals surface area contributed by atoms with Gasteiger partial charge in [0.1, 0.15) is 5.15 Å². The van der Waals surface area contributed by atoms with Crippen molar-refractivity contribution in [2.45, 2.75) is 39.8 Å². The van der Waals surface area contributed by atoms with Gasteiger partial charge in [-0.15, -0.1) is 0 Å². The summed E-state index contributed by atoms with van der Waals surface area (Å²) >= 11 is 12.0. The third-order valence-corrected chi connectivity index (χ3v) is 3.90. The molecule has 1 heterocycles. The molecule has 0 spiro atoms. The van der Waals surface area contributed by atoms with Crippen molar-refractivity contribution in [3.05, 3.63) is 21.9 Å². The van der Waals surface area contributed by atoms with E-state index in [4.69, 9.17) is 23.2 Å². The van der Waals surface area contributed by atoms with Gasteiger partial charge in [-0.1, -0.05) is 23.2 Å². The summed E-state index contributed by atoms with van der Waals surface area (Å²) in [7, 11) is 1.84. The van der Waals surface area contributed by atoms with Gasteiger partial charge in [0.25, 0.3) is 0 Å². The summed E-state index contributed by atoms with van der Waals surface area (Å²) in [4.78, 5) is 16.1. The van der Waals surface area contributed by atoms with Crippen molar-refractivity contribution >= 4 is 35.1 Å². The van der Waals surface area contributed by atoms with Gasteiger partial charge in [-0.05, 0) is 26.8 Å². The van der Waals surface area contributed by atoms with Crippen LogP contribution in [0.4, 0.5) is 0 Å². The summed E-state index contributed by atoms with van der Waals surface area (Å²) in [5.74, 6) is 0.669. The predicted octanol–water partition coefficient (Wildman–Crippen LogP) is 2.30. The minimum Gasteiger partial charge on any atom is -0.357 e. The fraction of sp³-hybridized carbons (Fsp3) is 0.600. The molecule has 8 heteroatoms. The van der Waals surface area contributed by atoms with E-state index in [1.165, 1.54) is 0 Å². The van der Waals surface area contributed by atoms with Crippen LogP contribution in [-0.2, 0) is 18.4 Å². The van der Waals surface area contributed by atoms with E-state index in [-0.39, 0.29) is 11.9 Å². The quantitative estimate of drug-likeness (QED) is 0.515. The summed E-state index contributed by atoms with van der Waals surface area (Å²) in [6.07, 6.45) is 0.393. The van der Waals surface area contributed by atoms with Crippen LogP contribution in [0, 0.1) is 0 Å². The molecule has 0 fully saturated rings. The van der Waals surface area contributed by atoms with Gasteiger partial charge < -0.3 is 20.5 Å².